The Balaban J connectivity index is 1.82. The molecule has 1 aliphatic carbocycles. The molecular weight excluding hydrogens is 318 g/mol. The summed E-state index contributed by atoms with van der Waals surface area (Å²) in [6.45, 7) is 1.98. The summed E-state index contributed by atoms with van der Waals surface area (Å²) >= 11 is 0. The van der Waals surface area contributed by atoms with Crippen LogP contribution in [0.1, 0.15) is 41.0 Å². The number of benzene rings is 2. The third-order valence-electron chi connectivity index (χ3n) is 4.75. The van der Waals surface area contributed by atoms with Gasteiger partial charge in [0.2, 0.25) is 5.91 Å². The highest BCUT2D eigenvalue weighted by Crippen LogP contribution is 2.33. The molecular formula is C20H23NO2S. The van der Waals surface area contributed by atoms with Crippen molar-refractivity contribution in [3.63, 3.8) is 0 Å². The van der Waals surface area contributed by atoms with Gasteiger partial charge in [0.05, 0.1) is 5.92 Å². The summed E-state index contributed by atoms with van der Waals surface area (Å²) in [5, 5.41) is 3.10. The zero-order valence-corrected chi connectivity index (χ0v) is 15.0. The average molecular weight is 341 g/mol. The number of hydrogen-bond donors (Lipinski definition) is 1. The van der Waals surface area contributed by atoms with Gasteiger partial charge in [-0.1, -0.05) is 36.4 Å². The Bertz CT molecular complexity index is 785. The predicted molar refractivity (Wildman–Crippen MR) is 99.7 cm³/mol. The van der Waals surface area contributed by atoms with E-state index < -0.39 is 10.8 Å². The molecule has 0 aliphatic heterocycles. The van der Waals surface area contributed by atoms with E-state index in [4.69, 9.17) is 0 Å². The highest BCUT2D eigenvalue weighted by Gasteiger charge is 2.26. The van der Waals surface area contributed by atoms with E-state index in [0.717, 1.165) is 41.6 Å². The van der Waals surface area contributed by atoms with Crippen molar-refractivity contribution in [1.82, 2.24) is 0 Å². The van der Waals surface area contributed by atoms with E-state index in [9.17, 15) is 9.00 Å². The van der Waals surface area contributed by atoms with Gasteiger partial charge >= 0.3 is 0 Å². The molecule has 2 aromatic carbocycles. The van der Waals surface area contributed by atoms with Crippen molar-refractivity contribution < 1.29 is 9.00 Å². The minimum absolute atomic E-state index is 0.0556. The molecule has 1 aliphatic rings. The fraction of sp³-hybridized carbons (Fsp3) is 0.350. The Labute approximate surface area is 145 Å². The van der Waals surface area contributed by atoms with Crippen LogP contribution >= 0.6 is 0 Å². The number of hydrogen-bond acceptors (Lipinski definition) is 2. The summed E-state index contributed by atoms with van der Waals surface area (Å²) in [5.74, 6) is 0.486. The molecule has 3 nitrogen and oxygen atoms in total. The highest BCUT2D eigenvalue weighted by atomic mass is 32.2. The lowest BCUT2D eigenvalue weighted by Crippen LogP contribution is -2.25. The molecule has 0 saturated carbocycles. The first-order chi connectivity index (χ1) is 11.6. The molecule has 4 heteroatoms. The van der Waals surface area contributed by atoms with Gasteiger partial charge in [-0.15, -0.1) is 0 Å². The largest absolute Gasteiger partial charge is 0.325 e. The molecule has 0 aromatic heterocycles. The van der Waals surface area contributed by atoms with E-state index in [1.165, 1.54) is 5.56 Å². The van der Waals surface area contributed by atoms with Gasteiger partial charge in [-0.25, -0.2) is 0 Å². The Morgan fingerprint density at radius 2 is 2.00 bits per heavy atom. The van der Waals surface area contributed by atoms with Crippen molar-refractivity contribution in [2.75, 3.05) is 11.6 Å². The van der Waals surface area contributed by atoms with Gasteiger partial charge in [0.1, 0.15) is 0 Å². The van der Waals surface area contributed by atoms with Crippen LogP contribution in [0.5, 0.6) is 0 Å². The minimum atomic E-state index is -0.895. The lowest BCUT2D eigenvalue weighted by Gasteiger charge is -2.25. The molecule has 2 aromatic rings. The average Bonchev–Trinajstić information content (AvgIpc) is 2.57. The molecule has 1 N–H and O–H groups in total. The number of carbonyl (C=O) groups excluding carboxylic acids is 1. The van der Waals surface area contributed by atoms with Gasteiger partial charge in [0, 0.05) is 28.5 Å². The van der Waals surface area contributed by atoms with Crippen LogP contribution in [0.2, 0.25) is 0 Å². The second-order valence-corrected chi connectivity index (χ2v) is 7.88. The van der Waals surface area contributed by atoms with E-state index in [1.807, 2.05) is 37.3 Å². The van der Waals surface area contributed by atoms with Crippen LogP contribution in [0.25, 0.3) is 0 Å². The van der Waals surface area contributed by atoms with E-state index in [-0.39, 0.29) is 11.8 Å². The zero-order chi connectivity index (χ0) is 17.1. The first-order valence-corrected chi connectivity index (χ1v) is 10.1. The molecule has 0 saturated heterocycles. The van der Waals surface area contributed by atoms with E-state index in [0.29, 0.717) is 5.75 Å². The molecule has 1 amide bonds. The molecule has 0 bridgehead atoms. The second kappa shape index (κ2) is 7.31. The highest BCUT2D eigenvalue weighted by molar-refractivity contribution is 7.83. The maximum Gasteiger partial charge on any atom is 0.231 e. The SMILES string of the molecule is Cc1c(C[S@@](C)=O)cccc1NC(=O)[C@H]1CCCc2ccccc21. The number of amides is 1. The molecule has 0 fully saturated rings. The smallest absolute Gasteiger partial charge is 0.231 e. The van der Waals surface area contributed by atoms with Crippen LogP contribution in [0.4, 0.5) is 5.69 Å². The molecule has 0 heterocycles. The van der Waals surface area contributed by atoms with Crippen molar-refractivity contribution in [3.05, 3.63) is 64.7 Å². The predicted octanol–water partition coefficient (Wildman–Crippen LogP) is 3.93. The van der Waals surface area contributed by atoms with E-state index in [2.05, 4.69) is 17.4 Å². The number of fused-ring (bicyclic) bond motifs is 1. The van der Waals surface area contributed by atoms with Crippen LogP contribution in [0.15, 0.2) is 42.5 Å². The number of rotatable bonds is 4. The number of nitrogens with one attached hydrogen (secondary N) is 1. The number of carbonyl (C=O) groups is 1. The summed E-state index contributed by atoms with van der Waals surface area (Å²) in [4.78, 5) is 12.8. The monoisotopic (exact) mass is 341 g/mol. The van der Waals surface area contributed by atoms with Crippen molar-refractivity contribution in [3.8, 4) is 0 Å². The Kier molecular flexibility index (Phi) is 5.14. The summed E-state index contributed by atoms with van der Waals surface area (Å²) in [7, 11) is -0.895. The van der Waals surface area contributed by atoms with Crippen molar-refractivity contribution in [1.29, 1.82) is 0 Å². The molecule has 126 valence electrons. The summed E-state index contributed by atoms with van der Waals surface area (Å²) in [6.07, 6.45) is 4.68. The van der Waals surface area contributed by atoms with Crippen LogP contribution in [0, 0.1) is 6.92 Å². The lowest BCUT2D eigenvalue weighted by molar-refractivity contribution is -0.117. The van der Waals surface area contributed by atoms with E-state index >= 15 is 0 Å². The Morgan fingerprint density at radius 1 is 1.21 bits per heavy atom. The van der Waals surface area contributed by atoms with Crippen molar-refractivity contribution in [2.45, 2.75) is 37.9 Å². The minimum Gasteiger partial charge on any atom is -0.325 e. The maximum absolute atomic E-state index is 12.8. The normalized spacial score (nSPS) is 17.8. The molecule has 0 unspecified atom stereocenters. The zero-order valence-electron chi connectivity index (χ0n) is 14.2. The Morgan fingerprint density at radius 3 is 2.79 bits per heavy atom. The lowest BCUT2D eigenvalue weighted by atomic mass is 9.82. The molecule has 24 heavy (non-hydrogen) atoms. The summed E-state index contributed by atoms with van der Waals surface area (Å²) in [5.41, 5.74) is 5.30. The van der Waals surface area contributed by atoms with Gasteiger partial charge in [-0.05, 0) is 54.5 Å². The quantitative estimate of drug-likeness (QED) is 0.916. The first-order valence-electron chi connectivity index (χ1n) is 8.33. The third-order valence-corrected chi connectivity index (χ3v) is 5.47. The number of anilines is 1. The van der Waals surface area contributed by atoms with Crippen LogP contribution < -0.4 is 5.32 Å². The fourth-order valence-corrected chi connectivity index (χ4v) is 4.19. The first kappa shape index (κ1) is 16.9. The molecule has 3 rings (SSSR count). The molecule has 2 atom stereocenters. The third kappa shape index (κ3) is 3.59. The fourth-order valence-electron chi connectivity index (χ4n) is 3.44. The molecule has 0 spiro atoms. The summed E-state index contributed by atoms with van der Waals surface area (Å²) in [6, 6.07) is 14.1. The maximum atomic E-state index is 12.8. The number of aryl methyl sites for hydroxylation is 1. The standard InChI is InChI=1S/C20H23NO2S/c1-14-16(13-24(2)23)9-6-12-19(14)21-20(22)18-11-5-8-15-7-3-4-10-17(15)18/h3-4,6-7,9-10,12,18H,5,8,11,13H2,1-2H3,(H,21,22)/t18-,24+/m0/s1. The topological polar surface area (TPSA) is 46.2 Å². The Hall–Kier alpha value is -1.94. The van der Waals surface area contributed by atoms with Gasteiger partial charge in [0.15, 0.2) is 0 Å². The van der Waals surface area contributed by atoms with Gasteiger partial charge in [-0.3, -0.25) is 9.00 Å². The van der Waals surface area contributed by atoms with Gasteiger partial charge in [0.25, 0.3) is 0 Å². The van der Waals surface area contributed by atoms with Crippen LogP contribution in [0.3, 0.4) is 0 Å². The van der Waals surface area contributed by atoms with Crippen LogP contribution in [-0.2, 0) is 27.8 Å². The van der Waals surface area contributed by atoms with Crippen molar-refractivity contribution >= 4 is 22.4 Å². The van der Waals surface area contributed by atoms with Gasteiger partial charge in [-0.2, -0.15) is 0 Å². The second-order valence-electron chi connectivity index (χ2n) is 6.44. The van der Waals surface area contributed by atoms with Crippen molar-refractivity contribution in [2.24, 2.45) is 0 Å². The summed E-state index contributed by atoms with van der Waals surface area (Å²) < 4.78 is 11.5. The van der Waals surface area contributed by atoms with Gasteiger partial charge < -0.3 is 5.32 Å². The van der Waals surface area contributed by atoms with E-state index in [1.54, 1.807) is 6.26 Å². The van der Waals surface area contributed by atoms with Crippen LogP contribution in [-0.4, -0.2) is 16.4 Å². The molecule has 0 radical (unpaired) electrons.